The first-order valence-corrected chi connectivity index (χ1v) is 8.49. The first kappa shape index (κ1) is 16.2. The predicted octanol–water partition coefficient (Wildman–Crippen LogP) is 1.38. The van der Waals surface area contributed by atoms with Gasteiger partial charge in [0.1, 0.15) is 5.75 Å². The summed E-state index contributed by atoms with van der Waals surface area (Å²) < 4.78 is 6.70. The molecule has 1 aliphatic heterocycles. The fraction of sp³-hybridized carbons (Fsp3) is 0.353. The quantitative estimate of drug-likeness (QED) is 0.757. The van der Waals surface area contributed by atoms with Gasteiger partial charge in [-0.2, -0.15) is 0 Å². The normalized spacial score (nSPS) is 17.3. The molecule has 134 valence electrons. The third-order valence-corrected chi connectivity index (χ3v) is 4.54. The van der Waals surface area contributed by atoms with Crippen LogP contribution in [0, 0.1) is 5.92 Å². The second-order valence-electron chi connectivity index (χ2n) is 6.19. The lowest BCUT2D eigenvalue weighted by Crippen LogP contribution is -2.41. The number of anilines is 2. The second-order valence-corrected chi connectivity index (χ2v) is 6.19. The molecule has 3 heterocycles. The molecule has 3 aromatic rings. The summed E-state index contributed by atoms with van der Waals surface area (Å²) in [7, 11) is 1.59. The first-order chi connectivity index (χ1) is 12.7. The number of fused-ring (bicyclic) bond motifs is 1. The van der Waals surface area contributed by atoms with Crippen LogP contribution >= 0.6 is 0 Å². The molecule has 0 radical (unpaired) electrons. The maximum Gasteiger partial charge on any atom is 0.229 e. The molecule has 9 nitrogen and oxygen atoms in total. The van der Waals surface area contributed by atoms with E-state index in [2.05, 4.69) is 30.8 Å². The Morgan fingerprint density at radius 3 is 3.04 bits per heavy atom. The van der Waals surface area contributed by atoms with E-state index >= 15 is 0 Å². The van der Waals surface area contributed by atoms with Crippen molar-refractivity contribution in [1.82, 2.24) is 25.3 Å². The highest BCUT2D eigenvalue weighted by atomic mass is 16.5. The van der Waals surface area contributed by atoms with Gasteiger partial charge in [-0.3, -0.25) is 4.79 Å². The molecule has 1 N–H and O–H groups in total. The van der Waals surface area contributed by atoms with Gasteiger partial charge in [-0.05, 0) is 47.5 Å². The summed E-state index contributed by atoms with van der Waals surface area (Å²) in [5.74, 6) is 1.28. The van der Waals surface area contributed by atoms with E-state index in [9.17, 15) is 4.79 Å². The Balaban J connectivity index is 1.48. The van der Waals surface area contributed by atoms with Crippen LogP contribution in [0.4, 0.5) is 11.5 Å². The Kier molecular flexibility index (Phi) is 4.34. The van der Waals surface area contributed by atoms with Crippen molar-refractivity contribution < 1.29 is 9.53 Å². The van der Waals surface area contributed by atoms with Crippen molar-refractivity contribution in [2.75, 3.05) is 30.4 Å². The van der Waals surface area contributed by atoms with Crippen LogP contribution in [0.3, 0.4) is 0 Å². The van der Waals surface area contributed by atoms with E-state index in [1.165, 1.54) is 4.63 Å². The minimum absolute atomic E-state index is 0.0114. The van der Waals surface area contributed by atoms with Crippen molar-refractivity contribution in [3.05, 3.63) is 36.4 Å². The summed E-state index contributed by atoms with van der Waals surface area (Å²) in [5, 5.41) is 18.7. The molecule has 4 rings (SSSR count). The topological polar surface area (TPSA) is 97.5 Å². The lowest BCUT2D eigenvalue weighted by molar-refractivity contribution is -0.120. The van der Waals surface area contributed by atoms with E-state index in [-0.39, 0.29) is 11.8 Å². The van der Waals surface area contributed by atoms with Crippen LogP contribution in [-0.4, -0.2) is 51.4 Å². The summed E-state index contributed by atoms with van der Waals surface area (Å²) in [6, 6.07) is 11.1. The monoisotopic (exact) mass is 353 g/mol. The van der Waals surface area contributed by atoms with E-state index in [0.29, 0.717) is 23.6 Å². The lowest BCUT2D eigenvalue weighted by Gasteiger charge is -2.32. The van der Waals surface area contributed by atoms with Crippen LogP contribution in [0.2, 0.25) is 0 Å². The van der Waals surface area contributed by atoms with Gasteiger partial charge in [0.15, 0.2) is 11.5 Å². The molecule has 1 saturated heterocycles. The van der Waals surface area contributed by atoms with Crippen LogP contribution in [-0.2, 0) is 4.79 Å². The zero-order valence-corrected chi connectivity index (χ0v) is 14.4. The van der Waals surface area contributed by atoms with Crippen molar-refractivity contribution in [3.63, 3.8) is 0 Å². The maximum atomic E-state index is 12.7. The number of piperidine rings is 1. The highest BCUT2D eigenvalue weighted by molar-refractivity contribution is 5.94. The number of carbonyl (C=O) groups is 1. The predicted molar refractivity (Wildman–Crippen MR) is 95.1 cm³/mol. The number of aromatic nitrogens is 5. The highest BCUT2D eigenvalue weighted by Crippen LogP contribution is 2.26. The standard InChI is InChI=1S/C17H19N7O2/c1-26-14-7-3-2-6-13(14)18-17(25)12-5-4-10-23(11-12)16-9-8-15-19-21-22-24(15)20-16/h2-3,6-9,12H,4-5,10-11H2,1H3,(H,18,25). The second kappa shape index (κ2) is 6.95. The Labute approximate surface area is 149 Å². The Hall–Kier alpha value is -3.23. The lowest BCUT2D eigenvalue weighted by atomic mass is 9.97. The van der Waals surface area contributed by atoms with Gasteiger partial charge in [-0.15, -0.1) is 14.8 Å². The van der Waals surface area contributed by atoms with Crippen molar-refractivity contribution in [3.8, 4) is 5.75 Å². The number of hydrogen-bond donors (Lipinski definition) is 1. The Bertz CT molecular complexity index is 926. The van der Waals surface area contributed by atoms with Gasteiger partial charge < -0.3 is 15.0 Å². The number of nitrogens with zero attached hydrogens (tertiary/aromatic N) is 6. The highest BCUT2D eigenvalue weighted by Gasteiger charge is 2.27. The molecule has 1 atom stereocenters. The van der Waals surface area contributed by atoms with E-state index < -0.39 is 0 Å². The number of hydrogen-bond acceptors (Lipinski definition) is 7. The van der Waals surface area contributed by atoms with Gasteiger partial charge in [-0.25, -0.2) is 0 Å². The summed E-state index contributed by atoms with van der Waals surface area (Å²) >= 11 is 0. The maximum absolute atomic E-state index is 12.7. The molecule has 9 heteroatoms. The van der Waals surface area contributed by atoms with Gasteiger partial charge >= 0.3 is 0 Å². The number of ether oxygens (including phenoxy) is 1. The van der Waals surface area contributed by atoms with Gasteiger partial charge in [0.2, 0.25) is 5.91 Å². The number of nitrogens with one attached hydrogen (secondary N) is 1. The average Bonchev–Trinajstić information content (AvgIpc) is 3.16. The number of para-hydroxylation sites is 2. The summed E-state index contributed by atoms with van der Waals surface area (Å²) in [5.41, 5.74) is 1.28. The van der Waals surface area contributed by atoms with E-state index in [1.54, 1.807) is 7.11 Å². The number of tetrazole rings is 1. The summed E-state index contributed by atoms with van der Waals surface area (Å²) in [4.78, 5) is 14.8. The zero-order chi connectivity index (χ0) is 17.9. The van der Waals surface area contributed by atoms with Crippen LogP contribution in [0.25, 0.3) is 5.65 Å². The molecule has 2 aromatic heterocycles. The molecule has 26 heavy (non-hydrogen) atoms. The summed E-state index contributed by atoms with van der Waals surface area (Å²) in [6.45, 7) is 1.45. The minimum atomic E-state index is -0.125. The molecule has 1 fully saturated rings. The molecular weight excluding hydrogens is 334 g/mol. The van der Waals surface area contributed by atoms with E-state index in [0.717, 1.165) is 25.2 Å². The van der Waals surface area contributed by atoms with Gasteiger partial charge in [0.05, 0.1) is 18.7 Å². The van der Waals surface area contributed by atoms with Crippen molar-refractivity contribution in [2.24, 2.45) is 5.92 Å². The summed E-state index contributed by atoms with van der Waals surface area (Å²) in [6.07, 6.45) is 1.75. The molecule has 0 bridgehead atoms. The number of carbonyl (C=O) groups excluding carboxylic acids is 1. The molecule has 1 aliphatic rings. The molecule has 1 amide bonds. The largest absolute Gasteiger partial charge is 0.495 e. The Morgan fingerprint density at radius 2 is 2.15 bits per heavy atom. The minimum Gasteiger partial charge on any atom is -0.495 e. The number of methoxy groups -OCH3 is 1. The molecule has 0 aliphatic carbocycles. The third kappa shape index (κ3) is 3.15. The zero-order valence-electron chi connectivity index (χ0n) is 14.4. The van der Waals surface area contributed by atoms with E-state index in [1.807, 2.05) is 36.4 Å². The van der Waals surface area contributed by atoms with E-state index in [4.69, 9.17) is 4.74 Å². The first-order valence-electron chi connectivity index (χ1n) is 8.49. The third-order valence-electron chi connectivity index (χ3n) is 4.54. The van der Waals surface area contributed by atoms with Crippen LogP contribution in [0.1, 0.15) is 12.8 Å². The van der Waals surface area contributed by atoms with Crippen LogP contribution < -0.4 is 15.0 Å². The molecule has 1 unspecified atom stereocenters. The van der Waals surface area contributed by atoms with Crippen molar-refractivity contribution >= 4 is 23.1 Å². The molecule has 0 saturated carbocycles. The molecule has 1 aromatic carbocycles. The van der Waals surface area contributed by atoms with Crippen LogP contribution in [0.5, 0.6) is 5.75 Å². The smallest absolute Gasteiger partial charge is 0.229 e. The van der Waals surface area contributed by atoms with Crippen molar-refractivity contribution in [2.45, 2.75) is 12.8 Å². The van der Waals surface area contributed by atoms with Gasteiger partial charge in [-0.1, -0.05) is 12.1 Å². The van der Waals surface area contributed by atoms with Crippen molar-refractivity contribution in [1.29, 1.82) is 0 Å². The van der Waals surface area contributed by atoms with Gasteiger partial charge in [0, 0.05) is 13.1 Å². The van der Waals surface area contributed by atoms with Crippen LogP contribution in [0.15, 0.2) is 36.4 Å². The average molecular weight is 353 g/mol. The fourth-order valence-electron chi connectivity index (χ4n) is 3.19. The molecule has 0 spiro atoms. The number of rotatable bonds is 4. The fourth-order valence-corrected chi connectivity index (χ4v) is 3.19. The number of benzene rings is 1. The van der Waals surface area contributed by atoms with Gasteiger partial charge in [0.25, 0.3) is 0 Å². The Morgan fingerprint density at radius 1 is 1.27 bits per heavy atom. The molecular formula is C17H19N7O2. The number of amides is 1. The SMILES string of the molecule is COc1ccccc1NC(=O)C1CCCN(c2ccc3nnnn3n2)C1.